The number of rotatable bonds is 13. The van der Waals surface area contributed by atoms with Crippen LogP contribution in [0.3, 0.4) is 0 Å². The van der Waals surface area contributed by atoms with Crippen molar-refractivity contribution in [3.63, 3.8) is 0 Å². The summed E-state index contributed by atoms with van der Waals surface area (Å²) in [7, 11) is -3.55. The average Bonchev–Trinajstić information content (AvgIpc) is 3.47. The van der Waals surface area contributed by atoms with Crippen LogP contribution in [0.15, 0.2) is 78.9 Å². The van der Waals surface area contributed by atoms with Crippen LogP contribution in [0, 0.1) is 6.92 Å². The van der Waals surface area contributed by atoms with E-state index in [-0.39, 0.29) is 37.4 Å². The third-order valence-corrected chi connectivity index (χ3v) is 9.16. The number of anilines is 1. The molecular weight excluding hydrogens is 570 g/mol. The topological polar surface area (TPSA) is 86.8 Å². The second-order valence-electron chi connectivity index (χ2n) is 11.1. The van der Waals surface area contributed by atoms with E-state index in [0.29, 0.717) is 23.6 Å². The van der Waals surface area contributed by atoms with Crippen molar-refractivity contribution in [2.24, 2.45) is 0 Å². The first-order valence-electron chi connectivity index (χ1n) is 14.5. The lowest BCUT2D eigenvalue weighted by Gasteiger charge is -2.33. The lowest BCUT2D eigenvalue weighted by Crippen LogP contribution is -2.52. The number of halogens is 1. The molecule has 224 valence electrons. The highest BCUT2D eigenvalue weighted by Gasteiger charge is 2.32. The third kappa shape index (κ3) is 9.07. The minimum absolute atomic E-state index is 0.0907. The summed E-state index contributed by atoms with van der Waals surface area (Å²) in [6.45, 7) is 2.33. The minimum atomic E-state index is -3.55. The highest BCUT2D eigenvalue weighted by molar-refractivity contribution is 7.92. The number of nitrogens with zero attached hydrogens (tertiary/aromatic N) is 2. The number of hydrogen-bond donors (Lipinski definition) is 1. The van der Waals surface area contributed by atoms with E-state index >= 15 is 0 Å². The summed E-state index contributed by atoms with van der Waals surface area (Å²) in [6, 6.07) is 23.6. The monoisotopic (exact) mass is 609 g/mol. The van der Waals surface area contributed by atoms with Gasteiger partial charge >= 0.3 is 0 Å². The molecule has 0 aromatic heterocycles. The summed E-state index contributed by atoms with van der Waals surface area (Å²) in [5, 5.41) is 3.80. The maximum absolute atomic E-state index is 14.0. The quantitative estimate of drug-likeness (QED) is 0.262. The van der Waals surface area contributed by atoms with Crippen molar-refractivity contribution in [3.8, 4) is 0 Å². The summed E-state index contributed by atoms with van der Waals surface area (Å²) < 4.78 is 26.6. The molecule has 0 heterocycles. The number of carbonyl (C=O) groups is 2. The molecule has 1 saturated carbocycles. The highest BCUT2D eigenvalue weighted by atomic mass is 35.5. The zero-order chi connectivity index (χ0) is 30.1. The standard InChI is InChI=1S/C33H40ClN3O4S/c1-25-14-20-30(21-15-25)37(42(2,40)41)22-8-13-32(38)36(24-27-16-18-28(34)19-17-27)31(23-26-9-4-3-5-10-26)33(39)35-29-11-6-7-12-29/h3-5,9-10,14-21,29,31H,6-8,11-13,22-24H2,1-2H3,(H,35,39). The van der Waals surface area contributed by atoms with Crippen LogP contribution in [0.2, 0.25) is 5.02 Å². The molecule has 0 saturated heterocycles. The fourth-order valence-corrected chi connectivity index (χ4v) is 6.51. The van der Waals surface area contributed by atoms with Crippen LogP contribution in [0.1, 0.15) is 55.2 Å². The molecule has 0 radical (unpaired) electrons. The predicted molar refractivity (Wildman–Crippen MR) is 169 cm³/mol. The number of amides is 2. The molecule has 2 amide bonds. The van der Waals surface area contributed by atoms with Crippen molar-refractivity contribution in [2.45, 2.75) is 70.5 Å². The van der Waals surface area contributed by atoms with Crippen LogP contribution in [0.5, 0.6) is 0 Å². The van der Waals surface area contributed by atoms with E-state index in [1.54, 1.807) is 29.2 Å². The van der Waals surface area contributed by atoms with Gasteiger partial charge in [-0.2, -0.15) is 0 Å². The summed E-state index contributed by atoms with van der Waals surface area (Å²) in [5.41, 5.74) is 3.41. The number of benzene rings is 3. The van der Waals surface area contributed by atoms with E-state index in [4.69, 9.17) is 11.6 Å². The van der Waals surface area contributed by atoms with E-state index in [9.17, 15) is 18.0 Å². The van der Waals surface area contributed by atoms with Crippen LogP contribution in [0.25, 0.3) is 0 Å². The van der Waals surface area contributed by atoms with Crippen molar-refractivity contribution < 1.29 is 18.0 Å². The van der Waals surface area contributed by atoms with Crippen molar-refractivity contribution >= 4 is 39.1 Å². The summed E-state index contributed by atoms with van der Waals surface area (Å²) in [4.78, 5) is 29.4. The van der Waals surface area contributed by atoms with Gasteiger partial charge in [-0.25, -0.2) is 8.42 Å². The molecule has 1 unspecified atom stereocenters. The molecule has 0 spiro atoms. The van der Waals surface area contributed by atoms with Crippen molar-refractivity contribution in [2.75, 3.05) is 17.1 Å². The van der Waals surface area contributed by atoms with E-state index in [1.165, 1.54) is 10.6 Å². The Labute approximate surface area is 254 Å². The number of hydrogen-bond acceptors (Lipinski definition) is 4. The molecule has 3 aromatic rings. The first-order chi connectivity index (χ1) is 20.1. The predicted octanol–water partition coefficient (Wildman–Crippen LogP) is 5.89. The maximum Gasteiger partial charge on any atom is 0.243 e. The van der Waals surface area contributed by atoms with Crippen molar-refractivity contribution in [3.05, 3.63) is 101 Å². The van der Waals surface area contributed by atoms with Crippen LogP contribution in [0.4, 0.5) is 5.69 Å². The zero-order valence-corrected chi connectivity index (χ0v) is 25.9. The Kier molecular flexibility index (Phi) is 11.0. The Hall–Kier alpha value is -3.36. The largest absolute Gasteiger partial charge is 0.352 e. The van der Waals surface area contributed by atoms with Gasteiger partial charge < -0.3 is 10.2 Å². The molecule has 1 aliphatic carbocycles. The molecule has 9 heteroatoms. The number of nitrogens with one attached hydrogen (secondary N) is 1. The Morgan fingerprint density at radius 3 is 2.19 bits per heavy atom. The highest BCUT2D eigenvalue weighted by Crippen LogP contribution is 2.23. The lowest BCUT2D eigenvalue weighted by molar-refractivity contribution is -0.141. The lowest BCUT2D eigenvalue weighted by atomic mass is 10.0. The van der Waals surface area contributed by atoms with Gasteiger partial charge in [0.05, 0.1) is 11.9 Å². The van der Waals surface area contributed by atoms with Gasteiger partial charge in [-0.15, -0.1) is 0 Å². The van der Waals surface area contributed by atoms with Crippen LogP contribution in [-0.2, 0) is 32.6 Å². The Morgan fingerprint density at radius 2 is 1.57 bits per heavy atom. The van der Waals surface area contributed by atoms with Gasteiger partial charge in [-0.3, -0.25) is 13.9 Å². The first-order valence-corrected chi connectivity index (χ1v) is 16.8. The summed E-state index contributed by atoms with van der Waals surface area (Å²) >= 11 is 6.12. The molecule has 1 fully saturated rings. The first kappa shape index (κ1) is 31.6. The summed E-state index contributed by atoms with van der Waals surface area (Å²) in [6.07, 6.45) is 5.98. The average molecular weight is 610 g/mol. The molecule has 4 rings (SSSR count). The third-order valence-electron chi connectivity index (χ3n) is 7.71. The number of sulfonamides is 1. The molecule has 0 aliphatic heterocycles. The van der Waals surface area contributed by atoms with Gasteiger partial charge in [-0.1, -0.05) is 84.6 Å². The fraction of sp³-hybridized carbons (Fsp3) is 0.394. The van der Waals surface area contributed by atoms with Crippen LogP contribution < -0.4 is 9.62 Å². The van der Waals surface area contributed by atoms with E-state index < -0.39 is 16.1 Å². The van der Waals surface area contributed by atoms with Gasteiger partial charge in [-0.05, 0) is 61.6 Å². The number of carbonyl (C=O) groups excluding carboxylic acids is 2. The molecule has 3 aromatic carbocycles. The molecule has 0 bridgehead atoms. The van der Waals surface area contributed by atoms with Gasteiger partial charge in [0.2, 0.25) is 21.8 Å². The fourth-order valence-electron chi connectivity index (χ4n) is 5.42. The zero-order valence-electron chi connectivity index (χ0n) is 24.3. The molecule has 1 N–H and O–H groups in total. The minimum Gasteiger partial charge on any atom is -0.352 e. The second-order valence-corrected chi connectivity index (χ2v) is 13.5. The molecule has 1 atom stereocenters. The van der Waals surface area contributed by atoms with Crippen LogP contribution in [-0.4, -0.2) is 50.0 Å². The number of aryl methyl sites for hydroxylation is 1. The summed E-state index contributed by atoms with van der Waals surface area (Å²) in [5.74, 6) is -0.365. The van der Waals surface area contributed by atoms with Crippen LogP contribution >= 0.6 is 11.6 Å². The Morgan fingerprint density at radius 1 is 0.929 bits per heavy atom. The van der Waals surface area contributed by atoms with E-state index in [2.05, 4.69) is 5.32 Å². The van der Waals surface area contributed by atoms with E-state index in [1.807, 2.05) is 61.5 Å². The second kappa shape index (κ2) is 14.7. The van der Waals surface area contributed by atoms with Gasteiger partial charge in [0.15, 0.2) is 0 Å². The molecule has 7 nitrogen and oxygen atoms in total. The SMILES string of the molecule is Cc1ccc(N(CCCC(=O)N(Cc2ccc(Cl)cc2)C(Cc2ccccc2)C(=O)NC2CCCC2)S(C)(=O)=O)cc1. The smallest absolute Gasteiger partial charge is 0.243 e. The van der Waals surface area contributed by atoms with E-state index in [0.717, 1.165) is 42.4 Å². The normalized spacial score (nSPS) is 14.4. The molecule has 1 aliphatic rings. The van der Waals surface area contributed by atoms with Crippen molar-refractivity contribution in [1.82, 2.24) is 10.2 Å². The Balaban J connectivity index is 1.57. The van der Waals surface area contributed by atoms with Gasteiger partial charge in [0.25, 0.3) is 0 Å². The maximum atomic E-state index is 14.0. The van der Waals surface area contributed by atoms with Gasteiger partial charge in [0.1, 0.15) is 6.04 Å². The van der Waals surface area contributed by atoms with Crippen molar-refractivity contribution in [1.29, 1.82) is 0 Å². The van der Waals surface area contributed by atoms with Gasteiger partial charge in [0, 0.05) is 37.0 Å². The molecular formula is C33H40ClN3O4S. The molecule has 42 heavy (non-hydrogen) atoms. The Bertz CT molecular complexity index is 1420.